The Balaban J connectivity index is 0.0000118. The topological polar surface area (TPSA) is 210 Å². The standard InChI is InChI=1S/C83H52F18N6O12.CH4/c1-102-47-27-31-50(32-28-47)106-71(110)53-11-5-15-61(67(53)75(106)114)118-57-19-8-20-58(64(57)40-35-45(80(90,91)92)38-46(36-40)81(93,94)95)119-62-16-6-12-54-68(62)76(115)107(72(54)111)103-48-25-21-41(22-26-48)77(82(96,97)98,83(99,100)101)42-23-29-49(30-24-42)105-70(109)52-10-4-14-60(66(52)74(105)113)117-56-18-7-17-55(116-59-13-3-9-51-65(59)73(112)104(2)69(51)108)63(56)39-33-43(78(84,85)86)37-44(34-39)79(87,88)89;/h3-38,51-54,65-68,102-103H,1-2H3;1H4. The van der Waals surface area contributed by atoms with E-state index in [0.29, 0.717) is 88.4 Å². The highest BCUT2D eigenvalue weighted by atomic mass is 19.4. The summed E-state index contributed by atoms with van der Waals surface area (Å²) in [6.45, 7) is 0. The van der Waals surface area contributed by atoms with Crippen LogP contribution >= 0.6 is 0 Å². The van der Waals surface area contributed by atoms with Crippen LogP contribution in [0.25, 0.3) is 22.3 Å². The molecule has 2 N–H and O–H groups in total. The Morgan fingerprint density at radius 1 is 0.333 bits per heavy atom. The molecule has 620 valence electrons. The molecule has 0 saturated carbocycles. The van der Waals surface area contributed by atoms with Gasteiger partial charge in [-0.05, 0) is 156 Å². The molecule has 7 aromatic rings. The molecule has 4 fully saturated rings. The van der Waals surface area contributed by atoms with Crippen LogP contribution in [0.1, 0.15) is 40.8 Å². The second-order valence-corrected chi connectivity index (χ2v) is 28.1. The number of nitrogens with zero attached hydrogens (tertiary/aromatic N) is 4. The molecule has 36 heteroatoms. The fourth-order valence-electron chi connectivity index (χ4n) is 15.6. The first kappa shape index (κ1) is 83.1. The molecular weight excluding hydrogens is 1630 g/mol. The lowest BCUT2D eigenvalue weighted by atomic mass is 9.73. The van der Waals surface area contributed by atoms with Crippen molar-refractivity contribution in [3.63, 3.8) is 0 Å². The molecule has 4 heterocycles. The quantitative estimate of drug-likeness (QED) is 0.0642. The van der Waals surface area contributed by atoms with Crippen molar-refractivity contribution in [3.8, 4) is 45.3 Å². The van der Waals surface area contributed by atoms with Crippen molar-refractivity contribution >= 4 is 70.0 Å². The molecule has 120 heavy (non-hydrogen) atoms. The van der Waals surface area contributed by atoms with Crippen molar-refractivity contribution in [2.75, 3.05) is 34.6 Å². The van der Waals surface area contributed by atoms with Gasteiger partial charge in [-0.1, -0.05) is 92.4 Å². The van der Waals surface area contributed by atoms with E-state index in [2.05, 4.69) is 10.7 Å². The summed E-state index contributed by atoms with van der Waals surface area (Å²) in [6.07, 6.45) is -19.8. The van der Waals surface area contributed by atoms with Crippen molar-refractivity contribution in [3.05, 3.63) is 275 Å². The van der Waals surface area contributed by atoms with E-state index in [1.54, 1.807) is 19.2 Å². The lowest BCUT2D eigenvalue weighted by molar-refractivity contribution is -0.288. The fraction of sp³-hybridized carbons (Fsp3) is 0.214. The van der Waals surface area contributed by atoms with E-state index in [0.717, 1.165) is 77.5 Å². The monoisotopic (exact) mass is 1680 g/mol. The summed E-state index contributed by atoms with van der Waals surface area (Å²) in [6, 6.07) is 17.2. The van der Waals surface area contributed by atoms with Crippen LogP contribution in [0.15, 0.2) is 242 Å². The van der Waals surface area contributed by atoms with Gasteiger partial charge in [0.2, 0.25) is 40.9 Å². The highest BCUT2D eigenvalue weighted by Crippen LogP contribution is 2.58. The van der Waals surface area contributed by atoms with Gasteiger partial charge in [0, 0.05) is 19.8 Å². The number of hydrogen-bond acceptors (Lipinski definition) is 14. The number of imide groups is 4. The number of benzene rings is 7. The van der Waals surface area contributed by atoms with Gasteiger partial charge in [-0.15, -0.1) is 0 Å². The van der Waals surface area contributed by atoms with Crippen LogP contribution in [0.4, 0.5) is 102 Å². The van der Waals surface area contributed by atoms with Crippen LogP contribution in [-0.4, -0.2) is 83.6 Å². The van der Waals surface area contributed by atoms with Gasteiger partial charge >= 0.3 is 37.1 Å². The molecule has 4 aliphatic heterocycles. The lowest BCUT2D eigenvalue weighted by Gasteiger charge is -2.38. The zero-order chi connectivity index (χ0) is 85.4. The number of rotatable bonds is 17. The highest BCUT2D eigenvalue weighted by molar-refractivity contribution is 6.24. The van der Waals surface area contributed by atoms with Gasteiger partial charge in [0.1, 0.15) is 69.7 Å². The largest absolute Gasteiger partial charge is 0.460 e. The minimum atomic E-state index is -6.33. The maximum absolute atomic E-state index is 15.9. The number of carbonyl (C=O) groups is 8. The van der Waals surface area contributed by atoms with E-state index < -0.39 is 239 Å². The van der Waals surface area contributed by atoms with Gasteiger partial charge in [-0.3, -0.25) is 48.7 Å². The van der Waals surface area contributed by atoms with Crippen molar-refractivity contribution in [1.82, 2.24) is 9.91 Å². The highest BCUT2D eigenvalue weighted by Gasteiger charge is 2.73. The molecule has 0 aromatic heterocycles. The Morgan fingerprint density at radius 3 is 0.967 bits per heavy atom. The van der Waals surface area contributed by atoms with Crippen LogP contribution < -0.4 is 39.5 Å². The maximum atomic E-state index is 15.9. The number of hydrazine groups is 1. The first-order valence-corrected chi connectivity index (χ1v) is 35.4. The summed E-state index contributed by atoms with van der Waals surface area (Å²) >= 11 is 0. The number of anilines is 4. The van der Waals surface area contributed by atoms with E-state index in [1.165, 1.54) is 60.7 Å². The number of hydrogen-bond donors (Lipinski definition) is 2. The van der Waals surface area contributed by atoms with Crippen LogP contribution in [-0.2, 0) is 68.5 Å². The summed E-state index contributed by atoms with van der Waals surface area (Å²) < 4.78 is 295. The lowest BCUT2D eigenvalue weighted by Crippen LogP contribution is -2.54. The molecule has 0 bridgehead atoms. The Kier molecular flexibility index (Phi) is 20.7. The van der Waals surface area contributed by atoms with E-state index in [-0.39, 0.29) is 36.8 Å². The van der Waals surface area contributed by atoms with E-state index in [9.17, 15) is 91.0 Å². The minimum absolute atomic E-state index is 0. The fourth-order valence-corrected chi connectivity index (χ4v) is 15.6. The number of halogens is 18. The second kappa shape index (κ2) is 29.9. The van der Waals surface area contributed by atoms with Gasteiger partial charge in [0.05, 0.1) is 74.1 Å². The summed E-state index contributed by atoms with van der Waals surface area (Å²) in [7, 11) is 2.78. The molecule has 8 aliphatic rings. The van der Waals surface area contributed by atoms with Gasteiger partial charge in [0.25, 0.3) is 11.8 Å². The summed E-state index contributed by atoms with van der Waals surface area (Å²) in [5.74, 6) is -23.9. The Hall–Kier alpha value is -13.4. The second-order valence-electron chi connectivity index (χ2n) is 28.1. The average Bonchev–Trinajstić information content (AvgIpc) is 0.866. The smallest absolute Gasteiger partial charge is 0.416 e. The van der Waals surface area contributed by atoms with Gasteiger partial charge < -0.3 is 24.3 Å². The number of carbonyl (C=O) groups excluding carboxylic acids is 8. The van der Waals surface area contributed by atoms with Crippen LogP contribution in [0.5, 0.6) is 23.0 Å². The Labute approximate surface area is 665 Å². The summed E-state index contributed by atoms with van der Waals surface area (Å²) in [5.41, 5.74) is -16.5. The number of likely N-dealkylation sites (tertiary alicyclic amines) is 1. The van der Waals surface area contributed by atoms with Gasteiger partial charge in [-0.2, -0.15) is 84.0 Å². The average molecular weight is 1680 g/mol. The molecule has 0 spiro atoms. The third-order valence-electron chi connectivity index (χ3n) is 21.2. The molecule has 8 amide bonds. The van der Waals surface area contributed by atoms with Crippen molar-refractivity contribution < 1.29 is 136 Å². The summed E-state index contributed by atoms with van der Waals surface area (Å²) in [5, 5.41) is 3.20. The van der Waals surface area contributed by atoms with Crippen LogP contribution in [0.3, 0.4) is 0 Å². The molecule has 4 aliphatic carbocycles. The zero-order valence-corrected chi connectivity index (χ0v) is 60.4. The Morgan fingerprint density at radius 2 is 0.633 bits per heavy atom. The SMILES string of the molecule is C.CNc1ccc(N2C(=O)C3C=CC=C(Oc4cccc(OC5=CC=CC6C(=O)N(Nc7ccc(C(c8ccc(N9C(=O)C%10C=CC=C(Oc%11cccc(OC%12=CC=CC%13C(=O)N(C)C(=O)C%12%13)c%11-c%11cc(C(F)(F)F)cc(C(F)(F)F)c%11)C%10C9=O)cc8)(C(F)(F)F)C(F)(F)F)cc7)C(=O)C56)c4-c4cc(C(F)(F)F)cc(C(F)(F)F)c4)C3C2=O)cc1. The van der Waals surface area contributed by atoms with Crippen LogP contribution in [0.2, 0.25) is 0 Å². The minimum Gasteiger partial charge on any atom is -0.460 e. The normalized spacial score (nSPS) is 21.7. The van der Waals surface area contributed by atoms with Crippen molar-refractivity contribution in [2.45, 2.75) is 49.9 Å². The van der Waals surface area contributed by atoms with Gasteiger partial charge in [-0.25, -0.2) is 9.80 Å². The number of allylic oxidation sites excluding steroid dienone is 8. The molecule has 8 unspecified atom stereocenters. The van der Waals surface area contributed by atoms with E-state index in [1.807, 2.05) is 0 Å². The van der Waals surface area contributed by atoms with Crippen molar-refractivity contribution in [1.29, 1.82) is 0 Å². The number of alkyl halides is 18. The molecule has 7 aromatic carbocycles. The molecule has 0 radical (unpaired) electrons. The molecule has 4 saturated heterocycles. The third kappa shape index (κ3) is 14.2. The maximum Gasteiger partial charge on any atom is 0.416 e. The van der Waals surface area contributed by atoms with Crippen LogP contribution in [0, 0.1) is 47.3 Å². The van der Waals surface area contributed by atoms with E-state index in [4.69, 9.17) is 18.9 Å². The molecule has 15 rings (SSSR count). The third-order valence-corrected chi connectivity index (χ3v) is 21.2. The molecule has 18 nitrogen and oxygen atoms in total. The number of ether oxygens (including phenoxy) is 4. The Bertz CT molecular complexity index is 5660. The first-order chi connectivity index (χ1) is 56.0. The van der Waals surface area contributed by atoms with Crippen molar-refractivity contribution in [2.24, 2.45) is 47.3 Å². The molecular formula is C84H56F18N6O12. The first-order valence-electron chi connectivity index (χ1n) is 35.4. The van der Waals surface area contributed by atoms with Gasteiger partial charge in [0.15, 0.2) is 0 Å². The zero-order valence-electron chi connectivity index (χ0n) is 60.4. The predicted octanol–water partition coefficient (Wildman–Crippen LogP) is 18.0. The number of fused-ring (bicyclic) bond motifs is 4. The summed E-state index contributed by atoms with van der Waals surface area (Å²) in [4.78, 5) is 115. The van der Waals surface area contributed by atoms with E-state index >= 15 is 26.3 Å². The number of nitrogens with one attached hydrogen (secondary N) is 2. The molecule has 8 atom stereocenters. The predicted molar refractivity (Wildman–Crippen MR) is 390 cm³/mol. The number of amides is 8.